The molecule has 0 aromatic carbocycles. The van der Waals surface area contributed by atoms with E-state index in [9.17, 15) is 0 Å². The number of hydrogen-bond acceptors (Lipinski definition) is 1. The van der Waals surface area contributed by atoms with Crippen molar-refractivity contribution in [2.24, 2.45) is 11.7 Å². The van der Waals surface area contributed by atoms with Crippen LogP contribution in [0, 0.1) is 5.92 Å². The van der Waals surface area contributed by atoms with Crippen molar-refractivity contribution < 1.29 is 0 Å². The zero-order chi connectivity index (χ0) is 12.2. The zero-order valence-electron chi connectivity index (χ0n) is 10.8. The topological polar surface area (TPSA) is 26.0 Å². The predicted molar refractivity (Wildman–Crippen MR) is 74.3 cm³/mol. The van der Waals surface area contributed by atoms with E-state index in [4.69, 9.17) is 13.6 Å². The maximum absolute atomic E-state index is 5.79. The van der Waals surface area contributed by atoms with Gasteiger partial charge in [0.05, 0.1) is 0 Å². The van der Waals surface area contributed by atoms with E-state index in [1.165, 1.54) is 44.7 Å². The highest BCUT2D eigenvalue weighted by molar-refractivity contribution is 6.21. The fourth-order valence-electron chi connectivity index (χ4n) is 1.96. The molecule has 1 atom stereocenters. The number of nitrogens with two attached hydrogens (primary N) is 1. The second kappa shape index (κ2) is 10.8. The average Bonchev–Trinajstić information content (AvgIpc) is 2.30. The third kappa shape index (κ3) is 8.64. The molecule has 16 heavy (non-hydrogen) atoms. The molecule has 2 N–H and O–H groups in total. The first-order chi connectivity index (χ1) is 7.74. The third-order valence-electron chi connectivity index (χ3n) is 2.98. The Morgan fingerprint density at radius 2 is 2.06 bits per heavy atom. The predicted octanol–water partition coefficient (Wildman–Crippen LogP) is 3.90. The minimum absolute atomic E-state index is 0.676. The van der Waals surface area contributed by atoms with E-state index in [-0.39, 0.29) is 0 Å². The van der Waals surface area contributed by atoms with E-state index in [1.807, 2.05) is 6.08 Å². The minimum Gasteiger partial charge on any atom is -0.405 e. The van der Waals surface area contributed by atoms with Gasteiger partial charge < -0.3 is 5.73 Å². The van der Waals surface area contributed by atoms with Crippen LogP contribution in [0.5, 0.6) is 0 Å². The molecule has 0 aromatic heterocycles. The molecule has 0 amide bonds. The van der Waals surface area contributed by atoms with Crippen LogP contribution in [0.4, 0.5) is 0 Å². The van der Waals surface area contributed by atoms with Gasteiger partial charge >= 0.3 is 0 Å². The van der Waals surface area contributed by atoms with E-state index in [0.29, 0.717) is 5.92 Å². The smallest absolute Gasteiger partial charge is 0.109 e. The van der Waals surface area contributed by atoms with Crippen molar-refractivity contribution >= 4 is 7.85 Å². The lowest BCUT2D eigenvalue weighted by atomic mass is 9.82. The van der Waals surface area contributed by atoms with Crippen LogP contribution in [-0.4, -0.2) is 7.85 Å². The lowest BCUT2D eigenvalue weighted by Crippen LogP contribution is -2.04. The van der Waals surface area contributed by atoms with Crippen molar-refractivity contribution in [2.75, 3.05) is 0 Å². The molecule has 0 rings (SSSR count). The summed E-state index contributed by atoms with van der Waals surface area (Å²) in [7, 11) is 5.79. The lowest BCUT2D eigenvalue weighted by Gasteiger charge is -2.16. The quantitative estimate of drug-likeness (QED) is 0.336. The Bertz CT molecular complexity index is 199. The van der Waals surface area contributed by atoms with Gasteiger partial charge in [-0.15, -0.1) is 12.1 Å². The van der Waals surface area contributed by atoms with Crippen molar-refractivity contribution in [1.29, 1.82) is 0 Å². The molecule has 0 fully saturated rings. The van der Waals surface area contributed by atoms with E-state index >= 15 is 0 Å². The summed E-state index contributed by atoms with van der Waals surface area (Å²) >= 11 is 0. The molecule has 90 valence electrons. The van der Waals surface area contributed by atoms with Crippen LogP contribution in [0.3, 0.4) is 0 Å². The highest BCUT2D eigenvalue weighted by Crippen LogP contribution is 2.22. The summed E-state index contributed by atoms with van der Waals surface area (Å²) < 4.78 is 0. The normalized spacial score (nSPS) is 13.7. The van der Waals surface area contributed by atoms with E-state index in [2.05, 4.69) is 13.5 Å². The minimum atomic E-state index is 0.676. The molecule has 2 radical (unpaired) electrons. The lowest BCUT2D eigenvalue weighted by molar-refractivity contribution is 0.430. The second-order valence-electron chi connectivity index (χ2n) is 4.53. The first kappa shape index (κ1) is 15.3. The van der Waals surface area contributed by atoms with E-state index in [0.717, 1.165) is 18.3 Å². The number of allylic oxidation sites excluding steroid dienone is 2. The fourth-order valence-corrected chi connectivity index (χ4v) is 1.96. The van der Waals surface area contributed by atoms with Crippen LogP contribution in [0.2, 0.25) is 0 Å². The van der Waals surface area contributed by atoms with E-state index < -0.39 is 0 Å². The van der Waals surface area contributed by atoms with Gasteiger partial charge in [0.25, 0.3) is 0 Å². The van der Waals surface area contributed by atoms with Gasteiger partial charge in [-0.05, 0) is 31.4 Å². The average molecular weight is 219 g/mol. The van der Waals surface area contributed by atoms with Crippen molar-refractivity contribution in [3.05, 3.63) is 24.3 Å². The Morgan fingerprint density at radius 1 is 1.31 bits per heavy atom. The third-order valence-corrected chi connectivity index (χ3v) is 2.98. The van der Waals surface area contributed by atoms with Gasteiger partial charge in [-0.1, -0.05) is 45.1 Å². The zero-order valence-corrected chi connectivity index (χ0v) is 10.8. The molecule has 0 aromatic rings. The summed E-state index contributed by atoms with van der Waals surface area (Å²) in [5, 5.41) is 0. The SMILES string of the molecule is [B]/C(=C\N)CC(CCC=C)CCCCCC. The Hall–Kier alpha value is -0.655. The summed E-state index contributed by atoms with van der Waals surface area (Å²) in [4.78, 5) is 0. The Kier molecular flexibility index (Phi) is 10.4. The molecule has 2 heteroatoms. The standard InChI is InChI=1S/C14H26BN/c1-3-5-7-8-10-13(9-6-4-2)11-14(15)12-16/h4,12-13H,2-3,5-11,16H2,1H3/b14-12-. The molecule has 1 nitrogen and oxygen atoms in total. The molecule has 1 unspecified atom stereocenters. The van der Waals surface area contributed by atoms with Gasteiger partial charge in [-0.2, -0.15) is 0 Å². The van der Waals surface area contributed by atoms with Gasteiger partial charge in [-0.3, -0.25) is 0 Å². The molecule has 0 saturated carbocycles. The van der Waals surface area contributed by atoms with Gasteiger partial charge in [-0.25, -0.2) is 0 Å². The summed E-state index contributed by atoms with van der Waals surface area (Å²) in [5.74, 6) is 0.676. The first-order valence-electron chi connectivity index (χ1n) is 6.51. The molecular weight excluding hydrogens is 193 g/mol. The number of rotatable bonds is 10. The molecular formula is C14H26BN. The monoisotopic (exact) mass is 219 g/mol. The fraction of sp³-hybridized carbons (Fsp3) is 0.714. The van der Waals surface area contributed by atoms with Gasteiger partial charge in [0.1, 0.15) is 7.85 Å². The molecule has 0 heterocycles. The van der Waals surface area contributed by atoms with Crippen LogP contribution in [-0.2, 0) is 0 Å². The van der Waals surface area contributed by atoms with Crippen molar-refractivity contribution in [3.8, 4) is 0 Å². The highest BCUT2D eigenvalue weighted by atomic mass is 14.5. The molecule has 0 spiro atoms. The summed E-state index contributed by atoms with van der Waals surface area (Å²) in [6, 6.07) is 0. The van der Waals surface area contributed by atoms with Crippen molar-refractivity contribution in [3.63, 3.8) is 0 Å². The van der Waals surface area contributed by atoms with Crippen molar-refractivity contribution in [1.82, 2.24) is 0 Å². The summed E-state index contributed by atoms with van der Waals surface area (Å²) in [6.07, 6.45) is 13.3. The van der Waals surface area contributed by atoms with Crippen LogP contribution in [0.25, 0.3) is 0 Å². The molecule has 0 aliphatic heterocycles. The van der Waals surface area contributed by atoms with Crippen LogP contribution < -0.4 is 5.73 Å². The van der Waals surface area contributed by atoms with Crippen LogP contribution >= 0.6 is 0 Å². The van der Waals surface area contributed by atoms with Gasteiger partial charge in [0, 0.05) is 0 Å². The van der Waals surface area contributed by atoms with Gasteiger partial charge in [0.15, 0.2) is 0 Å². The maximum Gasteiger partial charge on any atom is 0.109 e. The summed E-state index contributed by atoms with van der Waals surface area (Å²) in [5.41, 5.74) is 6.24. The maximum atomic E-state index is 5.79. The van der Waals surface area contributed by atoms with Gasteiger partial charge in [0.2, 0.25) is 0 Å². The molecule has 0 aliphatic carbocycles. The second-order valence-corrected chi connectivity index (χ2v) is 4.53. The van der Waals surface area contributed by atoms with Crippen molar-refractivity contribution in [2.45, 2.75) is 58.3 Å². The first-order valence-corrected chi connectivity index (χ1v) is 6.51. The van der Waals surface area contributed by atoms with Crippen LogP contribution in [0.15, 0.2) is 24.3 Å². The van der Waals surface area contributed by atoms with E-state index in [1.54, 1.807) is 0 Å². The highest BCUT2D eigenvalue weighted by Gasteiger charge is 2.08. The van der Waals surface area contributed by atoms with Crippen LogP contribution in [0.1, 0.15) is 58.3 Å². The largest absolute Gasteiger partial charge is 0.405 e. The summed E-state index contributed by atoms with van der Waals surface area (Å²) in [6.45, 7) is 6.01. The molecule has 0 bridgehead atoms. The number of hydrogen-bond donors (Lipinski definition) is 1. The molecule has 0 saturated heterocycles. The Labute approximate surface area is 103 Å². The number of unbranched alkanes of at least 4 members (excludes halogenated alkanes) is 3. The Morgan fingerprint density at radius 3 is 2.62 bits per heavy atom. The molecule has 0 aliphatic rings. The Balaban J connectivity index is 3.84.